The fraction of sp³-hybridized carbons (Fsp3) is 0.586. The maximum Gasteiger partial charge on any atom is 0.267 e. The number of hydrogen-bond donors (Lipinski definition) is 0. The fourth-order valence-electron chi connectivity index (χ4n) is 5.00. The maximum absolute atomic E-state index is 14.0. The molecule has 2 aromatic heterocycles. The van der Waals surface area contributed by atoms with E-state index in [2.05, 4.69) is 27.7 Å². The van der Waals surface area contributed by atoms with Gasteiger partial charge in [0.05, 0.1) is 17.7 Å². The Hall–Kier alpha value is -1.79. The molecular weight excluding hydrogens is 472 g/mol. The number of benzene rings is 1. The molecule has 0 aliphatic heterocycles. The number of aryl methyl sites for hydroxylation is 1. The van der Waals surface area contributed by atoms with Crippen molar-refractivity contribution in [2.75, 3.05) is 12.4 Å². The van der Waals surface area contributed by atoms with Gasteiger partial charge in [-0.3, -0.25) is 9.36 Å². The summed E-state index contributed by atoms with van der Waals surface area (Å²) >= 11 is 3.47. The van der Waals surface area contributed by atoms with Gasteiger partial charge in [0.2, 0.25) is 0 Å². The van der Waals surface area contributed by atoms with Crippen molar-refractivity contribution < 1.29 is 4.74 Å². The van der Waals surface area contributed by atoms with Gasteiger partial charge >= 0.3 is 0 Å². The van der Waals surface area contributed by atoms with Gasteiger partial charge in [-0.05, 0) is 73.8 Å². The first-order valence-corrected chi connectivity index (χ1v) is 15.1. The number of fused-ring (bicyclic) bond motifs is 3. The highest BCUT2D eigenvalue weighted by Gasteiger charge is 2.32. The molecule has 0 amide bonds. The van der Waals surface area contributed by atoms with Crippen LogP contribution in [0.2, 0.25) is 0 Å². The number of unbranched alkanes of at least 4 members (excludes halogenated alkanes) is 4. The smallest absolute Gasteiger partial charge is 0.267 e. The van der Waals surface area contributed by atoms with Gasteiger partial charge in [0.15, 0.2) is 5.16 Å². The lowest BCUT2D eigenvalue weighted by molar-refractivity contribution is 0.218. The molecule has 0 saturated heterocycles. The normalized spacial score (nSPS) is 16.0. The van der Waals surface area contributed by atoms with Crippen molar-refractivity contribution in [2.24, 2.45) is 11.3 Å². The minimum Gasteiger partial charge on any atom is -0.494 e. The molecule has 2 heterocycles. The number of rotatable bonds is 10. The first kappa shape index (κ1) is 26.3. The zero-order valence-corrected chi connectivity index (χ0v) is 23.6. The molecule has 0 saturated carbocycles. The third-order valence-electron chi connectivity index (χ3n) is 7.16. The summed E-state index contributed by atoms with van der Waals surface area (Å²) in [4.78, 5) is 21.4. The standard InChI is InChI=1S/C29H40N2O2S2/c1-6-8-9-10-11-18-34-28-30-26-25(23-17-12-20(29(3,4)5)19-24(23)35-26)27(32)31(28)21-13-15-22(16-14-21)33-7-2/h13-16,20H,6-12,17-19H2,1-5H3. The first-order chi connectivity index (χ1) is 16.8. The molecular formula is C29H40N2O2S2. The van der Waals surface area contributed by atoms with Crippen LogP contribution in [0.15, 0.2) is 34.2 Å². The third kappa shape index (κ3) is 5.96. The maximum atomic E-state index is 14.0. The molecule has 4 nitrogen and oxygen atoms in total. The Balaban J connectivity index is 1.72. The lowest BCUT2D eigenvalue weighted by Gasteiger charge is -2.33. The minimum absolute atomic E-state index is 0.0827. The van der Waals surface area contributed by atoms with Gasteiger partial charge in [0, 0.05) is 10.6 Å². The Labute approximate surface area is 218 Å². The summed E-state index contributed by atoms with van der Waals surface area (Å²) in [5.74, 6) is 2.45. The van der Waals surface area contributed by atoms with E-state index < -0.39 is 0 Å². The number of thiophene rings is 1. The van der Waals surface area contributed by atoms with Crippen LogP contribution in [0.25, 0.3) is 15.9 Å². The van der Waals surface area contributed by atoms with Crippen LogP contribution < -0.4 is 10.3 Å². The molecule has 0 N–H and O–H groups in total. The number of nitrogens with zero attached hydrogens (tertiary/aromatic N) is 2. The van der Waals surface area contributed by atoms with E-state index >= 15 is 0 Å². The lowest BCUT2D eigenvalue weighted by atomic mass is 9.72. The summed E-state index contributed by atoms with van der Waals surface area (Å²) < 4.78 is 7.48. The molecule has 0 radical (unpaired) electrons. The molecule has 1 aromatic carbocycles. The van der Waals surface area contributed by atoms with E-state index in [0.29, 0.717) is 12.5 Å². The van der Waals surface area contributed by atoms with Gasteiger partial charge < -0.3 is 4.74 Å². The Morgan fingerprint density at radius 2 is 1.86 bits per heavy atom. The zero-order valence-electron chi connectivity index (χ0n) is 22.0. The predicted molar refractivity (Wildman–Crippen MR) is 151 cm³/mol. The molecule has 1 unspecified atom stereocenters. The van der Waals surface area contributed by atoms with Gasteiger partial charge in [0.25, 0.3) is 5.56 Å². The van der Waals surface area contributed by atoms with Crippen molar-refractivity contribution in [3.05, 3.63) is 45.1 Å². The summed E-state index contributed by atoms with van der Waals surface area (Å²) in [7, 11) is 0. The van der Waals surface area contributed by atoms with Crippen LogP contribution in [0.4, 0.5) is 0 Å². The fourth-order valence-corrected chi connectivity index (χ4v) is 7.35. The number of thioether (sulfide) groups is 1. The number of ether oxygens (including phenoxy) is 1. The van der Waals surface area contributed by atoms with E-state index in [4.69, 9.17) is 9.72 Å². The summed E-state index contributed by atoms with van der Waals surface area (Å²) in [5, 5.41) is 1.66. The van der Waals surface area contributed by atoms with Crippen molar-refractivity contribution in [1.82, 2.24) is 9.55 Å². The largest absolute Gasteiger partial charge is 0.494 e. The second-order valence-electron chi connectivity index (χ2n) is 10.7. The van der Waals surface area contributed by atoms with Crippen LogP contribution in [0.1, 0.15) is 83.6 Å². The summed E-state index contributed by atoms with van der Waals surface area (Å²) in [6.45, 7) is 11.9. The monoisotopic (exact) mass is 512 g/mol. The van der Waals surface area contributed by atoms with Crippen molar-refractivity contribution >= 4 is 33.3 Å². The average molecular weight is 513 g/mol. The highest BCUT2D eigenvalue weighted by atomic mass is 32.2. The average Bonchev–Trinajstić information content (AvgIpc) is 3.20. The second kappa shape index (κ2) is 11.5. The number of aromatic nitrogens is 2. The molecule has 6 heteroatoms. The first-order valence-electron chi connectivity index (χ1n) is 13.3. The van der Waals surface area contributed by atoms with Crippen LogP contribution in [-0.4, -0.2) is 21.9 Å². The van der Waals surface area contributed by atoms with Gasteiger partial charge in [-0.15, -0.1) is 11.3 Å². The Bertz CT molecular complexity index is 1190. The van der Waals surface area contributed by atoms with Crippen LogP contribution in [0.3, 0.4) is 0 Å². The van der Waals surface area contributed by atoms with Crippen molar-refractivity contribution in [1.29, 1.82) is 0 Å². The van der Waals surface area contributed by atoms with E-state index in [9.17, 15) is 4.79 Å². The molecule has 1 atom stereocenters. The third-order valence-corrected chi connectivity index (χ3v) is 9.33. The Kier molecular flexibility index (Phi) is 8.64. The van der Waals surface area contributed by atoms with E-state index in [1.54, 1.807) is 23.1 Å². The highest BCUT2D eigenvalue weighted by molar-refractivity contribution is 7.99. The molecule has 35 heavy (non-hydrogen) atoms. The quantitative estimate of drug-likeness (QED) is 0.157. The molecule has 190 valence electrons. The van der Waals surface area contributed by atoms with Gasteiger partial charge in [-0.25, -0.2) is 4.98 Å². The van der Waals surface area contributed by atoms with E-state index in [1.807, 2.05) is 35.8 Å². The van der Waals surface area contributed by atoms with Crippen molar-refractivity contribution in [3.63, 3.8) is 0 Å². The Morgan fingerprint density at radius 3 is 2.54 bits per heavy atom. The summed E-state index contributed by atoms with van der Waals surface area (Å²) in [5.41, 5.74) is 2.48. The molecule has 0 spiro atoms. The molecule has 1 aliphatic carbocycles. The van der Waals surface area contributed by atoms with Crippen LogP contribution >= 0.6 is 23.1 Å². The van der Waals surface area contributed by atoms with E-state index in [-0.39, 0.29) is 11.0 Å². The van der Waals surface area contributed by atoms with E-state index in [0.717, 1.165) is 58.2 Å². The molecule has 3 aromatic rings. The molecule has 1 aliphatic rings. The molecule has 0 bridgehead atoms. The van der Waals surface area contributed by atoms with Gasteiger partial charge in [-0.1, -0.05) is 65.1 Å². The summed E-state index contributed by atoms with van der Waals surface area (Å²) in [6, 6.07) is 7.87. The number of hydrogen-bond acceptors (Lipinski definition) is 5. The minimum atomic E-state index is 0.0827. The lowest BCUT2D eigenvalue weighted by Crippen LogP contribution is -2.27. The molecule has 4 rings (SSSR count). The Morgan fingerprint density at radius 1 is 1.11 bits per heavy atom. The predicted octanol–water partition coefficient (Wildman–Crippen LogP) is 8.06. The van der Waals surface area contributed by atoms with Crippen molar-refractivity contribution in [2.45, 2.75) is 91.1 Å². The molecule has 0 fully saturated rings. The van der Waals surface area contributed by atoms with Crippen LogP contribution in [-0.2, 0) is 12.8 Å². The van der Waals surface area contributed by atoms with Gasteiger partial charge in [-0.2, -0.15) is 0 Å². The van der Waals surface area contributed by atoms with Crippen LogP contribution in [0, 0.1) is 11.3 Å². The second-order valence-corrected chi connectivity index (χ2v) is 12.9. The van der Waals surface area contributed by atoms with Crippen LogP contribution in [0.5, 0.6) is 5.75 Å². The zero-order chi connectivity index (χ0) is 25.0. The SMILES string of the molecule is CCCCCCCSc1nc2sc3c(c2c(=O)n1-c1ccc(OCC)cc1)CCC(C(C)(C)C)C3. The highest BCUT2D eigenvalue weighted by Crippen LogP contribution is 2.42. The van der Waals surface area contributed by atoms with Gasteiger partial charge in [0.1, 0.15) is 10.6 Å². The van der Waals surface area contributed by atoms with Crippen molar-refractivity contribution in [3.8, 4) is 11.4 Å². The van der Waals surface area contributed by atoms with E-state index in [1.165, 1.54) is 36.1 Å². The topological polar surface area (TPSA) is 44.1 Å². The summed E-state index contributed by atoms with van der Waals surface area (Å²) in [6.07, 6.45) is 9.38.